The van der Waals surface area contributed by atoms with Gasteiger partial charge in [-0.15, -0.1) is 0 Å². The van der Waals surface area contributed by atoms with Crippen molar-refractivity contribution < 1.29 is 0 Å². The quantitative estimate of drug-likeness (QED) is 0.567. The molecule has 0 spiro atoms. The van der Waals surface area contributed by atoms with Gasteiger partial charge in [0.05, 0.1) is 0 Å². The normalized spacial score (nSPS) is 13.8. The SMILES string of the molecule is C=C(C)C(=N/C(C)=C\C)C(C)C. The highest BCUT2D eigenvalue weighted by atomic mass is 14.8. The van der Waals surface area contributed by atoms with Crippen molar-refractivity contribution in [3.63, 3.8) is 0 Å². The third kappa shape index (κ3) is 3.51. The van der Waals surface area contributed by atoms with Crippen molar-refractivity contribution >= 4 is 5.71 Å². The van der Waals surface area contributed by atoms with Crippen molar-refractivity contribution in [2.24, 2.45) is 10.9 Å². The van der Waals surface area contributed by atoms with Crippen LogP contribution < -0.4 is 0 Å². The average Bonchev–Trinajstić information content (AvgIpc) is 1.98. The van der Waals surface area contributed by atoms with E-state index in [9.17, 15) is 0 Å². The van der Waals surface area contributed by atoms with Gasteiger partial charge in [0.2, 0.25) is 0 Å². The Morgan fingerprint density at radius 3 is 2.08 bits per heavy atom. The lowest BCUT2D eigenvalue weighted by molar-refractivity contribution is 0.878. The van der Waals surface area contributed by atoms with Gasteiger partial charge >= 0.3 is 0 Å². The summed E-state index contributed by atoms with van der Waals surface area (Å²) in [6, 6.07) is 0. The molecule has 0 amide bonds. The van der Waals surface area contributed by atoms with Gasteiger partial charge in [0.25, 0.3) is 0 Å². The molecule has 0 bridgehead atoms. The minimum atomic E-state index is 0.456. The molecular formula is C11H19N. The Kier molecular flexibility index (Phi) is 4.57. The summed E-state index contributed by atoms with van der Waals surface area (Å²) < 4.78 is 0. The smallest absolute Gasteiger partial charge is 0.0455 e. The van der Waals surface area contributed by atoms with E-state index in [0.29, 0.717) is 5.92 Å². The van der Waals surface area contributed by atoms with Crippen molar-refractivity contribution in [3.05, 3.63) is 23.9 Å². The van der Waals surface area contributed by atoms with Gasteiger partial charge in [0.15, 0.2) is 0 Å². The highest BCUT2D eigenvalue weighted by Crippen LogP contribution is 2.09. The molecule has 0 heterocycles. The Balaban J connectivity index is 4.74. The zero-order valence-corrected chi connectivity index (χ0v) is 8.81. The number of aliphatic imine (C=N–C) groups is 1. The molecule has 0 atom stereocenters. The molecule has 0 aliphatic rings. The van der Waals surface area contributed by atoms with E-state index in [1.807, 2.05) is 26.8 Å². The molecule has 0 aromatic rings. The topological polar surface area (TPSA) is 12.4 Å². The summed E-state index contributed by atoms with van der Waals surface area (Å²) in [6.07, 6.45) is 2.01. The van der Waals surface area contributed by atoms with Crippen molar-refractivity contribution in [2.75, 3.05) is 0 Å². The molecule has 0 fully saturated rings. The Labute approximate surface area is 75.9 Å². The Morgan fingerprint density at radius 2 is 1.83 bits per heavy atom. The Morgan fingerprint density at radius 1 is 1.33 bits per heavy atom. The molecule has 0 aliphatic heterocycles. The third-order valence-corrected chi connectivity index (χ3v) is 1.70. The van der Waals surface area contributed by atoms with E-state index < -0.39 is 0 Å². The molecule has 0 aromatic heterocycles. The highest BCUT2D eigenvalue weighted by Gasteiger charge is 2.04. The second kappa shape index (κ2) is 4.91. The van der Waals surface area contributed by atoms with Crippen LogP contribution in [-0.2, 0) is 0 Å². The molecule has 0 rings (SSSR count). The zero-order valence-electron chi connectivity index (χ0n) is 8.81. The number of nitrogens with zero attached hydrogens (tertiary/aromatic N) is 1. The second-order valence-corrected chi connectivity index (χ2v) is 3.36. The number of allylic oxidation sites excluding steroid dienone is 3. The van der Waals surface area contributed by atoms with Crippen LogP contribution in [0.25, 0.3) is 0 Å². The van der Waals surface area contributed by atoms with Crippen molar-refractivity contribution in [2.45, 2.75) is 34.6 Å². The van der Waals surface area contributed by atoms with E-state index in [-0.39, 0.29) is 0 Å². The maximum atomic E-state index is 4.47. The van der Waals surface area contributed by atoms with Gasteiger partial charge in [0, 0.05) is 11.4 Å². The lowest BCUT2D eigenvalue weighted by Crippen LogP contribution is -2.08. The maximum absolute atomic E-state index is 4.47. The van der Waals surface area contributed by atoms with Gasteiger partial charge in [-0.3, -0.25) is 4.99 Å². The molecule has 0 unspecified atom stereocenters. The lowest BCUT2D eigenvalue weighted by Gasteiger charge is -2.09. The fraction of sp³-hybridized carbons (Fsp3) is 0.545. The molecule has 0 aliphatic carbocycles. The standard InChI is InChI=1S/C11H19N/c1-7-10(6)12-11(8(2)3)9(4)5/h7,9H,2H2,1,3-6H3/b10-7-,12-11?. The molecule has 0 saturated carbocycles. The molecule has 0 aromatic carbocycles. The van der Waals surface area contributed by atoms with Gasteiger partial charge in [-0.1, -0.05) is 26.5 Å². The van der Waals surface area contributed by atoms with E-state index >= 15 is 0 Å². The number of hydrogen-bond donors (Lipinski definition) is 0. The first-order chi connectivity index (χ1) is 5.49. The largest absolute Gasteiger partial charge is 0.258 e. The molecule has 1 nitrogen and oxygen atoms in total. The number of rotatable bonds is 3. The van der Waals surface area contributed by atoms with Gasteiger partial charge in [0.1, 0.15) is 0 Å². The second-order valence-electron chi connectivity index (χ2n) is 3.36. The minimum Gasteiger partial charge on any atom is -0.258 e. The molecule has 12 heavy (non-hydrogen) atoms. The summed E-state index contributed by atoms with van der Waals surface area (Å²) in [4.78, 5) is 4.47. The van der Waals surface area contributed by atoms with Crippen LogP contribution in [-0.4, -0.2) is 5.71 Å². The van der Waals surface area contributed by atoms with Crippen LogP contribution in [0, 0.1) is 5.92 Å². The summed E-state index contributed by atoms with van der Waals surface area (Å²) in [7, 11) is 0. The van der Waals surface area contributed by atoms with E-state index in [2.05, 4.69) is 25.4 Å². The van der Waals surface area contributed by atoms with Crippen LogP contribution in [0.4, 0.5) is 0 Å². The van der Waals surface area contributed by atoms with Crippen LogP contribution >= 0.6 is 0 Å². The van der Waals surface area contributed by atoms with Crippen LogP contribution in [0.1, 0.15) is 34.6 Å². The monoisotopic (exact) mass is 165 g/mol. The summed E-state index contributed by atoms with van der Waals surface area (Å²) in [5.74, 6) is 0.456. The van der Waals surface area contributed by atoms with E-state index in [4.69, 9.17) is 0 Å². The van der Waals surface area contributed by atoms with Crippen LogP contribution in [0.15, 0.2) is 28.9 Å². The molecule has 0 radical (unpaired) electrons. The summed E-state index contributed by atoms with van der Waals surface area (Å²) >= 11 is 0. The molecule has 0 N–H and O–H groups in total. The first-order valence-corrected chi connectivity index (χ1v) is 4.36. The van der Waals surface area contributed by atoms with Crippen molar-refractivity contribution in [1.82, 2.24) is 0 Å². The fourth-order valence-electron chi connectivity index (χ4n) is 0.972. The third-order valence-electron chi connectivity index (χ3n) is 1.70. The van der Waals surface area contributed by atoms with Gasteiger partial charge in [-0.05, 0) is 32.3 Å². The van der Waals surface area contributed by atoms with Crippen molar-refractivity contribution in [1.29, 1.82) is 0 Å². The summed E-state index contributed by atoms with van der Waals surface area (Å²) in [5, 5.41) is 0. The lowest BCUT2D eigenvalue weighted by atomic mass is 10.0. The van der Waals surface area contributed by atoms with E-state index in [0.717, 1.165) is 17.0 Å². The molecule has 0 saturated heterocycles. The van der Waals surface area contributed by atoms with Crippen LogP contribution in [0.5, 0.6) is 0 Å². The predicted molar refractivity (Wildman–Crippen MR) is 56.5 cm³/mol. The fourth-order valence-corrected chi connectivity index (χ4v) is 0.972. The maximum Gasteiger partial charge on any atom is 0.0455 e. The van der Waals surface area contributed by atoms with Crippen LogP contribution in [0.2, 0.25) is 0 Å². The van der Waals surface area contributed by atoms with Gasteiger partial charge < -0.3 is 0 Å². The van der Waals surface area contributed by atoms with Gasteiger partial charge in [-0.2, -0.15) is 0 Å². The zero-order chi connectivity index (χ0) is 9.72. The van der Waals surface area contributed by atoms with E-state index in [1.165, 1.54) is 0 Å². The summed E-state index contributed by atoms with van der Waals surface area (Å²) in [6.45, 7) is 14.2. The highest BCUT2D eigenvalue weighted by molar-refractivity contribution is 6.00. The first kappa shape index (κ1) is 11.2. The van der Waals surface area contributed by atoms with E-state index in [1.54, 1.807) is 0 Å². The van der Waals surface area contributed by atoms with Crippen LogP contribution in [0.3, 0.4) is 0 Å². The Bertz CT molecular complexity index is 219. The number of hydrogen-bond acceptors (Lipinski definition) is 1. The minimum absolute atomic E-state index is 0.456. The Hall–Kier alpha value is -0.850. The average molecular weight is 165 g/mol. The van der Waals surface area contributed by atoms with Crippen molar-refractivity contribution in [3.8, 4) is 0 Å². The summed E-state index contributed by atoms with van der Waals surface area (Å²) in [5.41, 5.74) is 3.22. The molecular weight excluding hydrogens is 146 g/mol. The van der Waals surface area contributed by atoms with Gasteiger partial charge in [-0.25, -0.2) is 0 Å². The predicted octanol–water partition coefficient (Wildman–Crippen LogP) is 3.58. The molecule has 68 valence electrons. The molecule has 1 heteroatoms. The first-order valence-electron chi connectivity index (χ1n) is 4.36.